The summed E-state index contributed by atoms with van der Waals surface area (Å²) in [6.45, 7) is 0. The molecule has 0 spiro atoms. The lowest BCUT2D eigenvalue weighted by Crippen LogP contribution is -2.44. The summed E-state index contributed by atoms with van der Waals surface area (Å²) in [5, 5.41) is 6.02. The van der Waals surface area contributed by atoms with Gasteiger partial charge in [-0.2, -0.15) is 4.98 Å². The first-order valence-electron chi connectivity index (χ1n) is 5.75. The van der Waals surface area contributed by atoms with Crippen molar-refractivity contribution in [2.24, 2.45) is 5.73 Å². The summed E-state index contributed by atoms with van der Waals surface area (Å²) in [4.78, 5) is 8.59. The molecule has 1 saturated carbocycles. The normalized spacial score (nSPS) is 16.9. The summed E-state index contributed by atoms with van der Waals surface area (Å²) < 4.78 is 5.22. The molecule has 7 heteroatoms. The Morgan fingerprint density at radius 1 is 1.39 bits per heavy atom. The third-order valence-electron chi connectivity index (χ3n) is 3.24. The van der Waals surface area contributed by atoms with Crippen molar-refractivity contribution in [1.82, 2.24) is 15.1 Å². The van der Waals surface area contributed by atoms with Crippen LogP contribution in [0.4, 0.5) is 0 Å². The standard InChI is InChI=1S/C11H14N4OS.ClH/c12-11(4-1-5-11)10-14-9(16-15-10)3-2-8-6-17-7-13-8;/h6-7H,1-5,12H2;1H. The highest BCUT2D eigenvalue weighted by atomic mass is 35.5. The van der Waals surface area contributed by atoms with Gasteiger partial charge in [-0.1, -0.05) is 5.16 Å². The van der Waals surface area contributed by atoms with Gasteiger partial charge in [-0.25, -0.2) is 4.98 Å². The monoisotopic (exact) mass is 286 g/mol. The first kappa shape index (κ1) is 13.5. The summed E-state index contributed by atoms with van der Waals surface area (Å²) in [7, 11) is 0. The molecule has 2 aromatic rings. The number of halogens is 1. The Morgan fingerprint density at radius 3 is 2.83 bits per heavy atom. The van der Waals surface area contributed by atoms with Crippen molar-refractivity contribution in [3.63, 3.8) is 0 Å². The third-order valence-corrected chi connectivity index (χ3v) is 3.87. The Balaban J connectivity index is 0.00000120. The van der Waals surface area contributed by atoms with Gasteiger partial charge in [0.25, 0.3) is 0 Å². The first-order valence-corrected chi connectivity index (χ1v) is 6.70. The molecule has 18 heavy (non-hydrogen) atoms. The number of hydrogen-bond donors (Lipinski definition) is 1. The second-order valence-corrected chi connectivity index (χ2v) is 5.22. The van der Waals surface area contributed by atoms with Crippen LogP contribution in [0.15, 0.2) is 15.4 Å². The fraction of sp³-hybridized carbons (Fsp3) is 0.545. The van der Waals surface area contributed by atoms with E-state index in [-0.39, 0.29) is 17.9 Å². The Bertz CT molecular complexity index is 495. The summed E-state index contributed by atoms with van der Waals surface area (Å²) in [5.74, 6) is 1.32. The van der Waals surface area contributed by atoms with Crippen molar-refractivity contribution < 1.29 is 4.52 Å². The molecule has 1 fully saturated rings. The van der Waals surface area contributed by atoms with Crippen molar-refractivity contribution in [2.45, 2.75) is 37.6 Å². The number of nitrogens with zero attached hydrogens (tertiary/aromatic N) is 3. The summed E-state index contributed by atoms with van der Waals surface area (Å²) >= 11 is 1.60. The quantitative estimate of drug-likeness (QED) is 0.931. The Labute approximate surface area is 115 Å². The smallest absolute Gasteiger partial charge is 0.227 e. The van der Waals surface area contributed by atoms with Gasteiger partial charge in [0.2, 0.25) is 5.89 Å². The summed E-state index contributed by atoms with van der Waals surface area (Å²) in [6.07, 6.45) is 4.63. The molecule has 2 N–H and O–H groups in total. The molecule has 2 aromatic heterocycles. The fourth-order valence-electron chi connectivity index (χ4n) is 1.94. The van der Waals surface area contributed by atoms with Crippen LogP contribution >= 0.6 is 23.7 Å². The van der Waals surface area contributed by atoms with Gasteiger partial charge in [0.1, 0.15) is 0 Å². The van der Waals surface area contributed by atoms with Gasteiger partial charge in [-0.15, -0.1) is 23.7 Å². The molecule has 1 aliphatic rings. The van der Waals surface area contributed by atoms with E-state index >= 15 is 0 Å². The number of thiazole rings is 1. The van der Waals surface area contributed by atoms with E-state index in [9.17, 15) is 0 Å². The van der Waals surface area contributed by atoms with Gasteiger partial charge in [-0.3, -0.25) is 0 Å². The van der Waals surface area contributed by atoms with E-state index in [1.165, 1.54) is 0 Å². The average Bonchev–Trinajstić information content (AvgIpc) is 2.94. The Kier molecular flexibility index (Phi) is 3.99. The van der Waals surface area contributed by atoms with Gasteiger partial charge in [-0.05, 0) is 25.7 Å². The van der Waals surface area contributed by atoms with Crippen LogP contribution in [0.1, 0.15) is 36.7 Å². The molecule has 0 unspecified atom stereocenters. The van der Waals surface area contributed by atoms with Gasteiger partial charge in [0, 0.05) is 11.8 Å². The SMILES string of the molecule is Cl.NC1(c2noc(CCc3cscn3)n2)CCC1. The van der Waals surface area contributed by atoms with Crippen LogP contribution in [0.5, 0.6) is 0 Å². The molecule has 0 aliphatic heterocycles. The molecule has 0 radical (unpaired) electrons. The summed E-state index contributed by atoms with van der Waals surface area (Å²) in [6, 6.07) is 0. The largest absolute Gasteiger partial charge is 0.339 e. The number of rotatable bonds is 4. The van der Waals surface area contributed by atoms with Crippen molar-refractivity contribution >= 4 is 23.7 Å². The van der Waals surface area contributed by atoms with E-state index in [1.807, 2.05) is 10.9 Å². The highest BCUT2D eigenvalue weighted by molar-refractivity contribution is 7.07. The zero-order chi connectivity index (χ0) is 11.7. The number of aryl methyl sites for hydroxylation is 2. The number of nitrogens with two attached hydrogens (primary N) is 1. The molecule has 0 amide bonds. The van der Waals surface area contributed by atoms with Crippen molar-refractivity contribution in [1.29, 1.82) is 0 Å². The molecule has 98 valence electrons. The molecule has 1 aliphatic carbocycles. The van der Waals surface area contributed by atoms with Crippen molar-refractivity contribution in [2.75, 3.05) is 0 Å². The van der Waals surface area contributed by atoms with Crippen LogP contribution in [-0.4, -0.2) is 15.1 Å². The predicted molar refractivity (Wildman–Crippen MR) is 70.8 cm³/mol. The minimum absolute atomic E-state index is 0. The minimum atomic E-state index is -0.331. The van der Waals surface area contributed by atoms with E-state index in [4.69, 9.17) is 10.3 Å². The van der Waals surface area contributed by atoms with E-state index in [0.717, 1.165) is 37.8 Å². The highest BCUT2D eigenvalue weighted by Gasteiger charge is 2.38. The lowest BCUT2D eigenvalue weighted by Gasteiger charge is -2.34. The molecule has 3 rings (SSSR count). The van der Waals surface area contributed by atoms with E-state index < -0.39 is 0 Å². The molecular formula is C11H15ClN4OS. The van der Waals surface area contributed by atoms with Crippen LogP contribution < -0.4 is 5.73 Å². The van der Waals surface area contributed by atoms with Crippen LogP contribution in [-0.2, 0) is 18.4 Å². The van der Waals surface area contributed by atoms with Crippen molar-refractivity contribution in [3.8, 4) is 0 Å². The molecule has 2 heterocycles. The fourth-order valence-corrected chi connectivity index (χ4v) is 2.53. The molecular weight excluding hydrogens is 272 g/mol. The van der Waals surface area contributed by atoms with Crippen LogP contribution in [0.2, 0.25) is 0 Å². The maximum absolute atomic E-state index is 6.13. The number of aromatic nitrogens is 3. The first-order chi connectivity index (χ1) is 8.26. The Morgan fingerprint density at radius 2 is 2.22 bits per heavy atom. The van der Waals surface area contributed by atoms with Crippen LogP contribution in [0, 0.1) is 0 Å². The molecule has 0 aromatic carbocycles. The lowest BCUT2D eigenvalue weighted by atomic mass is 9.77. The predicted octanol–water partition coefficient (Wildman–Crippen LogP) is 2.07. The highest BCUT2D eigenvalue weighted by Crippen LogP contribution is 2.36. The van der Waals surface area contributed by atoms with Crippen LogP contribution in [0.3, 0.4) is 0 Å². The van der Waals surface area contributed by atoms with Crippen LogP contribution in [0.25, 0.3) is 0 Å². The Hall–Kier alpha value is -0.980. The van der Waals surface area contributed by atoms with Gasteiger partial charge >= 0.3 is 0 Å². The average molecular weight is 287 g/mol. The van der Waals surface area contributed by atoms with Gasteiger partial charge in [0.15, 0.2) is 5.82 Å². The molecule has 5 nitrogen and oxygen atoms in total. The van der Waals surface area contributed by atoms with Gasteiger partial charge in [0.05, 0.1) is 16.7 Å². The molecule has 0 atom stereocenters. The second kappa shape index (κ2) is 5.34. The van der Waals surface area contributed by atoms with E-state index in [0.29, 0.717) is 11.7 Å². The lowest BCUT2D eigenvalue weighted by molar-refractivity contribution is 0.229. The second-order valence-electron chi connectivity index (χ2n) is 4.50. The van der Waals surface area contributed by atoms with Crippen molar-refractivity contribution in [3.05, 3.63) is 28.3 Å². The maximum Gasteiger partial charge on any atom is 0.227 e. The molecule has 0 saturated heterocycles. The molecule has 0 bridgehead atoms. The zero-order valence-electron chi connectivity index (χ0n) is 9.83. The third kappa shape index (κ3) is 2.55. The minimum Gasteiger partial charge on any atom is -0.339 e. The zero-order valence-corrected chi connectivity index (χ0v) is 11.5. The topological polar surface area (TPSA) is 77.8 Å². The van der Waals surface area contributed by atoms with Gasteiger partial charge < -0.3 is 10.3 Å². The maximum atomic E-state index is 6.13. The summed E-state index contributed by atoms with van der Waals surface area (Å²) in [5.41, 5.74) is 8.70. The van der Waals surface area contributed by atoms with E-state index in [1.54, 1.807) is 11.3 Å². The number of hydrogen-bond acceptors (Lipinski definition) is 6. The van der Waals surface area contributed by atoms with E-state index in [2.05, 4.69) is 15.1 Å².